The van der Waals surface area contributed by atoms with Crippen LogP contribution < -0.4 is 10.6 Å². The first-order chi connectivity index (χ1) is 9.83. The summed E-state index contributed by atoms with van der Waals surface area (Å²) in [4.78, 5) is 8.08. The number of benzene rings is 1. The Morgan fingerprint density at radius 2 is 1.85 bits per heavy atom. The van der Waals surface area contributed by atoms with E-state index in [1.54, 1.807) is 6.20 Å². The van der Waals surface area contributed by atoms with Crippen LogP contribution in [0.2, 0.25) is 0 Å². The number of hydrogen-bond acceptors (Lipinski definition) is 5. The van der Waals surface area contributed by atoms with E-state index in [0.717, 1.165) is 24.2 Å². The first kappa shape index (κ1) is 13.8. The van der Waals surface area contributed by atoms with Gasteiger partial charge in [0.25, 0.3) is 0 Å². The molecule has 0 spiro atoms. The molecule has 0 saturated carbocycles. The summed E-state index contributed by atoms with van der Waals surface area (Å²) in [6.45, 7) is 3.73. The summed E-state index contributed by atoms with van der Waals surface area (Å²) in [5, 5.41) is 15.4. The Bertz CT molecular complexity index is 586. The number of hydrogen-bond donors (Lipinski definition) is 2. The lowest BCUT2D eigenvalue weighted by molar-refractivity contribution is 0.979. The Morgan fingerprint density at radius 1 is 1.10 bits per heavy atom. The van der Waals surface area contributed by atoms with Gasteiger partial charge in [0.15, 0.2) is 11.5 Å². The number of aromatic nitrogens is 2. The van der Waals surface area contributed by atoms with Gasteiger partial charge in [0.2, 0.25) is 0 Å². The van der Waals surface area contributed by atoms with Crippen LogP contribution in [-0.4, -0.2) is 16.5 Å². The van der Waals surface area contributed by atoms with Crippen LogP contribution in [-0.2, 0) is 6.54 Å². The lowest BCUT2D eigenvalue weighted by Gasteiger charge is -2.08. The summed E-state index contributed by atoms with van der Waals surface area (Å²) in [6.07, 6.45) is 4.19. The second-order valence-corrected chi connectivity index (χ2v) is 4.34. The van der Waals surface area contributed by atoms with E-state index in [1.165, 1.54) is 6.20 Å². The minimum atomic E-state index is 0.314. The SMILES string of the molecule is CCCNc1ccc(CNc2nccnc2C#N)cc1. The first-order valence-electron chi connectivity index (χ1n) is 6.61. The van der Waals surface area contributed by atoms with Gasteiger partial charge in [-0.3, -0.25) is 0 Å². The van der Waals surface area contributed by atoms with Gasteiger partial charge >= 0.3 is 0 Å². The van der Waals surface area contributed by atoms with Crippen molar-refractivity contribution in [2.24, 2.45) is 0 Å². The van der Waals surface area contributed by atoms with Crippen molar-refractivity contribution in [2.75, 3.05) is 17.2 Å². The molecule has 2 N–H and O–H groups in total. The fourth-order valence-electron chi connectivity index (χ4n) is 1.74. The molecule has 0 atom stereocenters. The molecule has 2 aromatic rings. The van der Waals surface area contributed by atoms with Gasteiger partial charge in [0.05, 0.1) is 0 Å². The van der Waals surface area contributed by atoms with E-state index >= 15 is 0 Å². The zero-order valence-electron chi connectivity index (χ0n) is 11.4. The third-order valence-corrected chi connectivity index (χ3v) is 2.80. The van der Waals surface area contributed by atoms with Crippen molar-refractivity contribution in [3.8, 4) is 6.07 Å². The molecular weight excluding hydrogens is 250 g/mol. The van der Waals surface area contributed by atoms with Gasteiger partial charge in [-0.15, -0.1) is 0 Å². The Labute approximate surface area is 118 Å². The van der Waals surface area contributed by atoms with Crippen molar-refractivity contribution < 1.29 is 0 Å². The summed E-state index contributed by atoms with van der Waals surface area (Å²) < 4.78 is 0. The third kappa shape index (κ3) is 3.69. The molecule has 1 aromatic carbocycles. The largest absolute Gasteiger partial charge is 0.385 e. The number of anilines is 2. The molecule has 5 heteroatoms. The summed E-state index contributed by atoms with van der Waals surface area (Å²) >= 11 is 0. The van der Waals surface area contributed by atoms with E-state index in [2.05, 4.69) is 39.7 Å². The van der Waals surface area contributed by atoms with E-state index in [4.69, 9.17) is 5.26 Å². The highest BCUT2D eigenvalue weighted by molar-refractivity contribution is 5.48. The van der Waals surface area contributed by atoms with Crippen LogP contribution in [0, 0.1) is 11.3 Å². The molecule has 0 bridgehead atoms. The molecule has 0 fully saturated rings. The van der Waals surface area contributed by atoms with Crippen LogP contribution in [0.5, 0.6) is 0 Å². The van der Waals surface area contributed by atoms with Crippen LogP contribution in [0.15, 0.2) is 36.7 Å². The second-order valence-electron chi connectivity index (χ2n) is 4.34. The molecule has 0 radical (unpaired) electrons. The molecule has 0 aliphatic heterocycles. The Hall–Kier alpha value is -2.61. The number of nitrogens with one attached hydrogen (secondary N) is 2. The van der Waals surface area contributed by atoms with Gasteiger partial charge in [-0.05, 0) is 24.1 Å². The van der Waals surface area contributed by atoms with Gasteiger partial charge in [0, 0.05) is 31.2 Å². The summed E-state index contributed by atoms with van der Waals surface area (Å²) in [7, 11) is 0. The van der Waals surface area contributed by atoms with E-state index in [-0.39, 0.29) is 0 Å². The van der Waals surface area contributed by atoms with Crippen LogP contribution in [0.25, 0.3) is 0 Å². The lowest BCUT2D eigenvalue weighted by Crippen LogP contribution is -2.05. The van der Waals surface area contributed by atoms with Crippen LogP contribution in [0.3, 0.4) is 0 Å². The van der Waals surface area contributed by atoms with Crippen molar-refractivity contribution in [1.82, 2.24) is 9.97 Å². The molecular formula is C15H17N5. The topological polar surface area (TPSA) is 73.6 Å². The zero-order valence-corrected chi connectivity index (χ0v) is 11.4. The maximum absolute atomic E-state index is 8.93. The highest BCUT2D eigenvalue weighted by Gasteiger charge is 2.03. The van der Waals surface area contributed by atoms with Gasteiger partial charge in [0.1, 0.15) is 6.07 Å². The summed E-state index contributed by atoms with van der Waals surface area (Å²) in [6, 6.07) is 10.2. The minimum absolute atomic E-state index is 0.314. The highest BCUT2D eigenvalue weighted by Crippen LogP contribution is 2.12. The van der Waals surface area contributed by atoms with Gasteiger partial charge in [-0.2, -0.15) is 5.26 Å². The van der Waals surface area contributed by atoms with Gasteiger partial charge < -0.3 is 10.6 Å². The van der Waals surface area contributed by atoms with Crippen molar-refractivity contribution in [3.63, 3.8) is 0 Å². The molecule has 0 saturated heterocycles. The summed E-state index contributed by atoms with van der Waals surface area (Å²) in [5.74, 6) is 0.517. The average Bonchev–Trinajstić information content (AvgIpc) is 2.52. The Morgan fingerprint density at radius 3 is 2.55 bits per heavy atom. The number of nitrogens with zero attached hydrogens (tertiary/aromatic N) is 3. The van der Waals surface area contributed by atoms with Crippen LogP contribution >= 0.6 is 0 Å². The molecule has 5 nitrogen and oxygen atoms in total. The second kappa shape index (κ2) is 7.10. The predicted molar refractivity (Wildman–Crippen MR) is 79.3 cm³/mol. The summed E-state index contributed by atoms with van der Waals surface area (Å²) in [5.41, 5.74) is 2.56. The highest BCUT2D eigenvalue weighted by atomic mass is 15.0. The zero-order chi connectivity index (χ0) is 14.2. The van der Waals surface area contributed by atoms with Crippen molar-refractivity contribution in [3.05, 3.63) is 47.9 Å². The fraction of sp³-hybridized carbons (Fsp3) is 0.267. The Balaban J connectivity index is 1.95. The maximum Gasteiger partial charge on any atom is 0.182 e. The molecule has 102 valence electrons. The number of nitriles is 1. The standard InChI is InChI=1S/C15H17N5/c1-2-7-17-13-5-3-12(4-6-13)11-20-15-14(10-16)18-8-9-19-15/h3-6,8-9,17H,2,7,11H2,1H3,(H,19,20). The van der Waals surface area contributed by atoms with Crippen LogP contribution in [0.4, 0.5) is 11.5 Å². The molecule has 1 heterocycles. The van der Waals surface area contributed by atoms with Gasteiger partial charge in [-0.1, -0.05) is 19.1 Å². The van der Waals surface area contributed by atoms with Gasteiger partial charge in [-0.25, -0.2) is 9.97 Å². The molecule has 2 rings (SSSR count). The quantitative estimate of drug-likeness (QED) is 0.842. The molecule has 0 unspecified atom stereocenters. The lowest BCUT2D eigenvalue weighted by atomic mass is 10.2. The molecule has 20 heavy (non-hydrogen) atoms. The molecule has 1 aromatic heterocycles. The maximum atomic E-state index is 8.93. The average molecular weight is 267 g/mol. The van der Waals surface area contributed by atoms with Crippen LogP contribution in [0.1, 0.15) is 24.6 Å². The molecule has 0 aliphatic rings. The fourth-order valence-corrected chi connectivity index (χ4v) is 1.74. The molecule has 0 amide bonds. The normalized spacial score (nSPS) is 9.80. The molecule has 0 aliphatic carbocycles. The third-order valence-electron chi connectivity index (χ3n) is 2.80. The Kier molecular flexibility index (Phi) is 4.90. The number of rotatable bonds is 6. The van der Waals surface area contributed by atoms with Crippen molar-refractivity contribution in [1.29, 1.82) is 5.26 Å². The van der Waals surface area contributed by atoms with E-state index in [1.807, 2.05) is 18.2 Å². The van der Waals surface area contributed by atoms with Crippen molar-refractivity contribution >= 4 is 11.5 Å². The first-order valence-corrected chi connectivity index (χ1v) is 6.61. The smallest absolute Gasteiger partial charge is 0.182 e. The van der Waals surface area contributed by atoms with E-state index in [9.17, 15) is 0 Å². The van der Waals surface area contributed by atoms with E-state index < -0.39 is 0 Å². The monoisotopic (exact) mass is 267 g/mol. The van der Waals surface area contributed by atoms with Crippen molar-refractivity contribution in [2.45, 2.75) is 19.9 Å². The predicted octanol–water partition coefficient (Wildman–Crippen LogP) is 2.78. The minimum Gasteiger partial charge on any atom is -0.385 e. The van der Waals surface area contributed by atoms with E-state index in [0.29, 0.717) is 18.1 Å².